The molecule has 0 radical (unpaired) electrons. The molecule has 1 aliphatic rings. The van der Waals surface area contributed by atoms with Crippen LogP contribution in [0.2, 0.25) is 5.15 Å². The topological polar surface area (TPSA) is 67.1 Å². The highest BCUT2D eigenvalue weighted by Crippen LogP contribution is 2.31. The summed E-state index contributed by atoms with van der Waals surface area (Å²) in [6, 6.07) is 0. The molecule has 0 saturated carbocycles. The minimum absolute atomic E-state index is 0.0689. The Morgan fingerprint density at radius 2 is 2.35 bits per heavy atom. The van der Waals surface area contributed by atoms with E-state index in [-0.39, 0.29) is 6.61 Å². The van der Waals surface area contributed by atoms with E-state index >= 15 is 0 Å². The summed E-state index contributed by atoms with van der Waals surface area (Å²) in [5.74, 6) is 0.924. The van der Waals surface area contributed by atoms with Crippen LogP contribution in [0.5, 0.6) is 0 Å². The smallest absolute Gasteiger partial charge is 0.187 e. The molecular formula is C9H10ClN5OS. The van der Waals surface area contributed by atoms with Crippen molar-refractivity contribution in [2.45, 2.75) is 19.7 Å². The highest BCUT2D eigenvalue weighted by molar-refractivity contribution is 7.16. The summed E-state index contributed by atoms with van der Waals surface area (Å²) in [6.45, 7) is 2.29. The zero-order valence-electron chi connectivity index (χ0n) is 8.88. The maximum absolute atomic E-state index is 9.10. The molecule has 17 heavy (non-hydrogen) atoms. The van der Waals surface area contributed by atoms with E-state index in [1.807, 2.05) is 4.57 Å². The molecule has 1 N–H and O–H groups in total. The fourth-order valence-corrected chi connectivity index (χ4v) is 2.93. The minimum Gasteiger partial charge on any atom is -0.391 e. The summed E-state index contributed by atoms with van der Waals surface area (Å²) in [7, 11) is 0. The quantitative estimate of drug-likeness (QED) is 0.879. The van der Waals surface area contributed by atoms with Gasteiger partial charge in [-0.3, -0.25) is 0 Å². The first-order valence-electron chi connectivity index (χ1n) is 5.15. The lowest BCUT2D eigenvalue weighted by Crippen LogP contribution is -2.33. The number of rotatable bonds is 2. The average Bonchev–Trinajstić information content (AvgIpc) is 2.93. The Morgan fingerprint density at radius 1 is 1.47 bits per heavy atom. The van der Waals surface area contributed by atoms with Gasteiger partial charge in [0.25, 0.3) is 0 Å². The van der Waals surface area contributed by atoms with Gasteiger partial charge in [0.1, 0.15) is 11.5 Å². The molecule has 0 saturated heterocycles. The number of anilines is 1. The van der Waals surface area contributed by atoms with Crippen molar-refractivity contribution in [3.8, 4) is 0 Å². The van der Waals surface area contributed by atoms with Crippen LogP contribution in [0.25, 0.3) is 0 Å². The number of hydrogen-bond donors (Lipinski definition) is 1. The van der Waals surface area contributed by atoms with Crippen molar-refractivity contribution in [3.05, 3.63) is 22.2 Å². The molecule has 3 rings (SSSR count). The Bertz CT molecular complexity index is 539. The molecule has 0 atom stereocenters. The van der Waals surface area contributed by atoms with E-state index in [9.17, 15) is 0 Å². The van der Waals surface area contributed by atoms with Crippen molar-refractivity contribution in [1.82, 2.24) is 19.7 Å². The summed E-state index contributed by atoms with van der Waals surface area (Å²) in [6.07, 6.45) is 1.74. The fourth-order valence-electron chi connectivity index (χ4n) is 1.78. The molecule has 2 aromatic heterocycles. The summed E-state index contributed by atoms with van der Waals surface area (Å²) >= 11 is 7.34. The van der Waals surface area contributed by atoms with Crippen LogP contribution in [0.15, 0.2) is 6.33 Å². The van der Waals surface area contributed by atoms with E-state index in [1.54, 1.807) is 6.33 Å². The molecule has 0 bridgehead atoms. The number of aliphatic hydroxyl groups is 1. The molecule has 90 valence electrons. The normalized spacial score (nSPS) is 15.1. The molecule has 8 heteroatoms. The van der Waals surface area contributed by atoms with Gasteiger partial charge in [-0.15, -0.1) is 10.2 Å². The van der Waals surface area contributed by atoms with Crippen molar-refractivity contribution in [1.29, 1.82) is 0 Å². The van der Waals surface area contributed by atoms with E-state index in [0.717, 1.165) is 24.0 Å². The molecular weight excluding hydrogens is 262 g/mol. The molecule has 2 aromatic rings. The number of hydrogen-bond acceptors (Lipinski definition) is 6. The van der Waals surface area contributed by atoms with Crippen molar-refractivity contribution < 1.29 is 5.11 Å². The minimum atomic E-state index is -0.0689. The molecule has 0 aliphatic carbocycles. The number of aromatic nitrogens is 4. The highest BCUT2D eigenvalue weighted by Gasteiger charge is 2.21. The lowest BCUT2D eigenvalue weighted by molar-refractivity contribution is 0.285. The maximum atomic E-state index is 9.10. The van der Waals surface area contributed by atoms with Gasteiger partial charge in [-0.25, -0.2) is 4.98 Å². The predicted molar refractivity (Wildman–Crippen MR) is 64.1 cm³/mol. The van der Waals surface area contributed by atoms with Crippen molar-refractivity contribution in [2.75, 3.05) is 11.4 Å². The number of halogens is 1. The number of nitrogens with zero attached hydrogens (tertiary/aromatic N) is 5. The van der Waals surface area contributed by atoms with E-state index in [4.69, 9.17) is 16.7 Å². The highest BCUT2D eigenvalue weighted by atomic mass is 35.5. The zero-order valence-corrected chi connectivity index (χ0v) is 10.4. The van der Waals surface area contributed by atoms with Crippen LogP contribution in [-0.4, -0.2) is 31.4 Å². The van der Waals surface area contributed by atoms with E-state index in [0.29, 0.717) is 16.6 Å². The van der Waals surface area contributed by atoms with Crippen LogP contribution >= 0.6 is 22.9 Å². The second-order valence-corrected chi connectivity index (χ2v) is 5.15. The molecule has 0 amide bonds. The number of aliphatic hydroxyl groups excluding tert-OH is 1. The van der Waals surface area contributed by atoms with E-state index in [1.165, 1.54) is 11.3 Å². The van der Waals surface area contributed by atoms with Crippen molar-refractivity contribution in [3.63, 3.8) is 0 Å². The number of fused-ring (bicyclic) bond motifs is 1. The Balaban J connectivity index is 1.86. The van der Waals surface area contributed by atoms with Crippen LogP contribution in [0.1, 0.15) is 10.7 Å². The summed E-state index contributed by atoms with van der Waals surface area (Å²) in [4.78, 5) is 7.05. The number of thiazole rings is 1. The van der Waals surface area contributed by atoms with Gasteiger partial charge in [0.15, 0.2) is 11.0 Å². The molecule has 3 heterocycles. The third-order valence-corrected chi connectivity index (χ3v) is 4.22. The standard InChI is InChI=1S/C9H10ClN5OS/c10-8-6(4-16)17-9(12-8)14-1-2-15-5-11-13-7(15)3-14/h5,16H,1-4H2. The maximum Gasteiger partial charge on any atom is 0.187 e. The van der Waals surface area contributed by atoms with Crippen LogP contribution in [-0.2, 0) is 19.7 Å². The second kappa shape index (κ2) is 4.25. The van der Waals surface area contributed by atoms with Crippen LogP contribution < -0.4 is 4.90 Å². The van der Waals surface area contributed by atoms with Gasteiger partial charge < -0.3 is 14.6 Å². The molecule has 0 spiro atoms. The largest absolute Gasteiger partial charge is 0.391 e. The first-order valence-corrected chi connectivity index (χ1v) is 6.35. The molecule has 6 nitrogen and oxygen atoms in total. The third kappa shape index (κ3) is 1.90. The lowest BCUT2D eigenvalue weighted by Gasteiger charge is -2.26. The third-order valence-electron chi connectivity index (χ3n) is 2.69. The Hall–Kier alpha value is -1.18. The Kier molecular flexibility index (Phi) is 2.73. The van der Waals surface area contributed by atoms with E-state index < -0.39 is 0 Å². The summed E-state index contributed by atoms with van der Waals surface area (Å²) in [5.41, 5.74) is 0. The van der Waals surface area contributed by atoms with Crippen LogP contribution in [0.4, 0.5) is 5.13 Å². The first-order chi connectivity index (χ1) is 8.28. The first kappa shape index (κ1) is 10.9. The van der Waals surface area contributed by atoms with Gasteiger partial charge in [-0.05, 0) is 0 Å². The van der Waals surface area contributed by atoms with E-state index in [2.05, 4.69) is 20.1 Å². The van der Waals surface area contributed by atoms with Gasteiger partial charge in [0, 0.05) is 13.1 Å². The predicted octanol–water partition coefficient (Wildman–Crippen LogP) is 0.901. The molecule has 0 aromatic carbocycles. The lowest BCUT2D eigenvalue weighted by atomic mass is 10.4. The molecule has 1 aliphatic heterocycles. The van der Waals surface area contributed by atoms with Gasteiger partial charge in [-0.2, -0.15) is 0 Å². The van der Waals surface area contributed by atoms with Crippen molar-refractivity contribution in [2.24, 2.45) is 0 Å². The average molecular weight is 272 g/mol. The fraction of sp³-hybridized carbons (Fsp3) is 0.444. The van der Waals surface area contributed by atoms with Crippen LogP contribution in [0, 0.1) is 0 Å². The van der Waals surface area contributed by atoms with Gasteiger partial charge in [-0.1, -0.05) is 22.9 Å². The zero-order chi connectivity index (χ0) is 11.8. The molecule has 0 fully saturated rings. The Morgan fingerprint density at radius 3 is 3.12 bits per heavy atom. The summed E-state index contributed by atoms with van der Waals surface area (Å²) < 4.78 is 2.03. The van der Waals surface area contributed by atoms with Crippen LogP contribution in [0.3, 0.4) is 0 Å². The molecule has 0 unspecified atom stereocenters. The van der Waals surface area contributed by atoms with Crippen molar-refractivity contribution >= 4 is 28.1 Å². The Labute approximate surface area is 106 Å². The van der Waals surface area contributed by atoms with Gasteiger partial charge >= 0.3 is 0 Å². The SMILES string of the molecule is OCc1sc(N2CCn3cnnc3C2)nc1Cl. The monoisotopic (exact) mass is 271 g/mol. The second-order valence-electron chi connectivity index (χ2n) is 3.73. The summed E-state index contributed by atoms with van der Waals surface area (Å²) in [5, 5.41) is 18.2. The van der Waals surface area contributed by atoms with Gasteiger partial charge in [0.05, 0.1) is 18.0 Å². The van der Waals surface area contributed by atoms with Gasteiger partial charge in [0.2, 0.25) is 0 Å².